The van der Waals surface area contributed by atoms with Gasteiger partial charge in [-0.3, -0.25) is 0 Å². The molecular weight excluding hydrogens is 303 g/mol. The summed E-state index contributed by atoms with van der Waals surface area (Å²) in [4.78, 5) is 7.32. The molecule has 2 heterocycles. The average Bonchev–Trinajstić information content (AvgIpc) is 2.42. The standard InChI is InChI=1S/2C5H4N.2C4H9.Ni/c2*1-2-4-6-5-3-1;2*1-4(2)3;/h2*1-4H;2*1-3H3;/q4*-1;. The summed E-state index contributed by atoms with van der Waals surface area (Å²) in [7, 11) is 0. The van der Waals surface area contributed by atoms with Crippen molar-refractivity contribution in [3.05, 3.63) is 73.0 Å². The fourth-order valence-electron chi connectivity index (χ4n) is 0.555. The number of aromatic nitrogens is 2. The molecule has 0 atom stereocenters. The molecule has 21 heavy (non-hydrogen) atoms. The van der Waals surface area contributed by atoms with Crippen LogP contribution in [0.5, 0.6) is 0 Å². The molecule has 0 spiro atoms. The molecule has 2 rings (SSSR count). The quantitative estimate of drug-likeness (QED) is 0.502. The molecule has 0 saturated carbocycles. The Morgan fingerprint density at radius 2 is 0.905 bits per heavy atom. The van der Waals surface area contributed by atoms with E-state index in [9.17, 15) is 0 Å². The summed E-state index contributed by atoms with van der Waals surface area (Å²) in [6.45, 7) is 12.5. The first-order chi connectivity index (χ1) is 9.46. The fourth-order valence-corrected chi connectivity index (χ4v) is 0.555. The first-order valence-electron chi connectivity index (χ1n) is 6.54. The van der Waals surface area contributed by atoms with Gasteiger partial charge in [0.15, 0.2) is 0 Å². The molecule has 0 aromatic carbocycles. The maximum absolute atomic E-state index is 3.66. The Labute approximate surface area is 141 Å². The van der Waals surface area contributed by atoms with Gasteiger partial charge in [0.25, 0.3) is 0 Å². The summed E-state index contributed by atoms with van der Waals surface area (Å²) in [5.41, 5.74) is 0. The first kappa shape index (κ1) is 24.8. The number of hydrogen-bond donors (Lipinski definition) is 0. The number of nitrogens with zero attached hydrogens (tertiary/aromatic N) is 2. The number of hydrogen-bond acceptors (Lipinski definition) is 2. The van der Waals surface area contributed by atoms with Crippen LogP contribution in [-0.4, -0.2) is 9.97 Å². The molecule has 0 amide bonds. The van der Waals surface area contributed by atoms with Crippen molar-refractivity contribution >= 4 is 0 Å². The predicted molar refractivity (Wildman–Crippen MR) is 86.7 cm³/mol. The molecule has 0 bridgehead atoms. The molecule has 0 aliphatic heterocycles. The van der Waals surface area contributed by atoms with E-state index in [2.05, 4.69) is 63.9 Å². The van der Waals surface area contributed by atoms with E-state index in [4.69, 9.17) is 0 Å². The van der Waals surface area contributed by atoms with Crippen LogP contribution >= 0.6 is 0 Å². The van der Waals surface area contributed by atoms with Crippen molar-refractivity contribution in [1.82, 2.24) is 9.97 Å². The largest absolute Gasteiger partial charge is 0.394 e. The van der Waals surface area contributed by atoms with Crippen LogP contribution < -0.4 is 0 Å². The van der Waals surface area contributed by atoms with E-state index in [1.165, 1.54) is 11.8 Å². The Bertz CT molecular complexity index is 254. The van der Waals surface area contributed by atoms with E-state index < -0.39 is 0 Å². The molecule has 3 heteroatoms. The molecule has 2 aromatic rings. The van der Waals surface area contributed by atoms with E-state index in [1.54, 1.807) is 24.5 Å². The number of pyridine rings is 2. The Morgan fingerprint density at radius 1 is 0.619 bits per heavy atom. The van der Waals surface area contributed by atoms with Crippen LogP contribution in [0.1, 0.15) is 41.5 Å². The summed E-state index contributed by atoms with van der Waals surface area (Å²) in [6.07, 6.45) is 8.67. The maximum atomic E-state index is 3.66. The molecule has 0 unspecified atom stereocenters. The van der Waals surface area contributed by atoms with Crippen LogP contribution in [-0.2, 0) is 16.5 Å². The molecular formula is C18H26N2Ni-4. The van der Waals surface area contributed by atoms with Crippen molar-refractivity contribution in [2.24, 2.45) is 0 Å². The minimum atomic E-state index is 0. The Balaban J connectivity index is -0.000000208. The van der Waals surface area contributed by atoms with Crippen molar-refractivity contribution in [3.63, 3.8) is 0 Å². The van der Waals surface area contributed by atoms with Gasteiger partial charge in [-0.1, -0.05) is 24.8 Å². The van der Waals surface area contributed by atoms with Gasteiger partial charge in [0.2, 0.25) is 0 Å². The van der Waals surface area contributed by atoms with Gasteiger partial charge in [0.05, 0.1) is 0 Å². The van der Waals surface area contributed by atoms with E-state index in [1.807, 2.05) is 24.3 Å². The summed E-state index contributed by atoms with van der Waals surface area (Å²) in [5.74, 6) is 2.83. The van der Waals surface area contributed by atoms with Crippen LogP contribution in [0, 0.1) is 24.2 Å². The third-order valence-corrected chi connectivity index (χ3v) is 1.03. The molecule has 0 saturated heterocycles. The van der Waals surface area contributed by atoms with Crippen LogP contribution in [0.25, 0.3) is 0 Å². The second kappa shape index (κ2) is 21.1. The zero-order valence-electron chi connectivity index (χ0n) is 13.8. The van der Waals surface area contributed by atoms with Crippen LogP contribution in [0.2, 0.25) is 0 Å². The van der Waals surface area contributed by atoms with E-state index >= 15 is 0 Å². The van der Waals surface area contributed by atoms with Crippen molar-refractivity contribution in [2.75, 3.05) is 0 Å². The van der Waals surface area contributed by atoms with Crippen molar-refractivity contribution in [1.29, 1.82) is 0 Å². The summed E-state index contributed by atoms with van der Waals surface area (Å²) >= 11 is 0. The van der Waals surface area contributed by atoms with Crippen molar-refractivity contribution < 1.29 is 16.5 Å². The Hall–Kier alpha value is -1.21. The van der Waals surface area contributed by atoms with Gasteiger partial charge in [-0.25, -0.2) is 0 Å². The first-order valence-corrected chi connectivity index (χ1v) is 6.54. The van der Waals surface area contributed by atoms with Gasteiger partial charge in [-0.2, -0.15) is 77.9 Å². The molecule has 0 radical (unpaired) electrons. The third-order valence-electron chi connectivity index (χ3n) is 1.03. The van der Waals surface area contributed by atoms with Gasteiger partial charge in [-0.05, 0) is 0 Å². The van der Waals surface area contributed by atoms with Gasteiger partial charge < -0.3 is 21.8 Å². The average molecular weight is 329 g/mol. The molecule has 2 aromatic heterocycles. The Kier molecular flexibility index (Phi) is 24.9. The summed E-state index contributed by atoms with van der Waals surface area (Å²) < 4.78 is 0. The topological polar surface area (TPSA) is 25.8 Å². The van der Waals surface area contributed by atoms with Gasteiger partial charge >= 0.3 is 0 Å². The summed E-state index contributed by atoms with van der Waals surface area (Å²) in [5, 5.41) is 0. The van der Waals surface area contributed by atoms with Crippen LogP contribution in [0.3, 0.4) is 0 Å². The van der Waals surface area contributed by atoms with Crippen molar-refractivity contribution in [3.8, 4) is 0 Å². The molecule has 0 N–H and O–H groups in total. The monoisotopic (exact) mass is 328 g/mol. The minimum Gasteiger partial charge on any atom is -0.394 e. The van der Waals surface area contributed by atoms with Gasteiger partial charge in [0, 0.05) is 16.5 Å². The third kappa shape index (κ3) is 45.5. The summed E-state index contributed by atoms with van der Waals surface area (Å²) in [6, 6.07) is 11.0. The van der Waals surface area contributed by atoms with Crippen LogP contribution in [0.15, 0.2) is 48.8 Å². The zero-order valence-corrected chi connectivity index (χ0v) is 14.8. The maximum Gasteiger partial charge on any atom is 0 e. The SMILES string of the molecule is C[C-](C)C.C[C-](C)C.[Ni].[c-]1ccccn1.[c-]1ccccn1. The predicted octanol–water partition coefficient (Wildman–Crippen LogP) is 5.00. The van der Waals surface area contributed by atoms with Crippen molar-refractivity contribution in [2.45, 2.75) is 41.5 Å². The smallest absolute Gasteiger partial charge is 0 e. The minimum absolute atomic E-state index is 0. The molecule has 122 valence electrons. The van der Waals surface area contributed by atoms with E-state index in [0.717, 1.165) is 0 Å². The molecule has 0 aliphatic carbocycles. The normalized spacial score (nSPS) is 8.00. The number of rotatable bonds is 0. The second-order valence-electron chi connectivity index (χ2n) is 4.92. The Morgan fingerprint density at radius 3 is 0.952 bits per heavy atom. The molecule has 0 aliphatic rings. The van der Waals surface area contributed by atoms with Gasteiger partial charge in [0.1, 0.15) is 0 Å². The second-order valence-corrected chi connectivity index (χ2v) is 4.92. The fraction of sp³-hybridized carbons (Fsp3) is 0.333. The van der Waals surface area contributed by atoms with Gasteiger partial charge in [-0.15, -0.1) is 0 Å². The zero-order chi connectivity index (χ0) is 15.6. The van der Waals surface area contributed by atoms with E-state index in [0.29, 0.717) is 0 Å². The molecule has 2 nitrogen and oxygen atoms in total. The van der Waals surface area contributed by atoms with E-state index in [-0.39, 0.29) is 16.5 Å². The van der Waals surface area contributed by atoms with Crippen LogP contribution in [0.4, 0.5) is 0 Å². The molecule has 0 fully saturated rings.